The molecule has 2 nitrogen and oxygen atoms in total. The van der Waals surface area contributed by atoms with Gasteiger partial charge in [-0.05, 0) is 75.0 Å². The molecule has 90 valence electrons. The Morgan fingerprint density at radius 1 is 1.00 bits per heavy atom. The van der Waals surface area contributed by atoms with Gasteiger partial charge in [0.2, 0.25) is 0 Å². The summed E-state index contributed by atoms with van der Waals surface area (Å²) >= 11 is 7.13. The summed E-state index contributed by atoms with van der Waals surface area (Å²) in [6.45, 7) is 4.09. The van der Waals surface area contributed by atoms with Crippen molar-refractivity contribution in [1.29, 1.82) is 0 Å². The summed E-state index contributed by atoms with van der Waals surface area (Å²) in [5.74, 6) is 0. The molecule has 0 aliphatic heterocycles. The molecule has 0 amide bonds. The van der Waals surface area contributed by atoms with Crippen LogP contribution in [-0.4, -0.2) is 9.97 Å². The molecule has 1 aromatic carbocycles. The van der Waals surface area contributed by atoms with Crippen molar-refractivity contribution in [3.63, 3.8) is 0 Å². The van der Waals surface area contributed by atoms with E-state index in [2.05, 4.69) is 60.9 Å². The number of rotatable bonds is 0. The highest BCUT2D eigenvalue weighted by Crippen LogP contribution is 2.32. The summed E-state index contributed by atoms with van der Waals surface area (Å²) in [4.78, 5) is 9.00. The number of benzene rings is 1. The Balaban J connectivity index is 2.49. The number of fused-ring (bicyclic) bond motifs is 2. The van der Waals surface area contributed by atoms with Crippen LogP contribution in [0.1, 0.15) is 11.1 Å². The Morgan fingerprint density at radius 2 is 1.78 bits per heavy atom. The van der Waals surface area contributed by atoms with E-state index in [1.54, 1.807) is 0 Å². The van der Waals surface area contributed by atoms with Gasteiger partial charge in [0.1, 0.15) is 4.60 Å². The van der Waals surface area contributed by atoms with Crippen molar-refractivity contribution >= 4 is 53.7 Å². The zero-order chi connectivity index (χ0) is 12.9. The van der Waals surface area contributed by atoms with Crippen LogP contribution < -0.4 is 0 Å². The minimum absolute atomic E-state index is 0.869. The summed E-state index contributed by atoms with van der Waals surface area (Å²) < 4.78 is 1.95. The third kappa shape index (κ3) is 1.84. The molecule has 0 saturated heterocycles. The van der Waals surface area contributed by atoms with Gasteiger partial charge in [0.25, 0.3) is 0 Å². The van der Waals surface area contributed by atoms with Crippen molar-refractivity contribution in [2.45, 2.75) is 13.8 Å². The first-order valence-electron chi connectivity index (χ1n) is 5.58. The summed E-state index contributed by atoms with van der Waals surface area (Å²) in [5, 5.41) is 2.27. The first-order chi connectivity index (χ1) is 8.56. The van der Waals surface area contributed by atoms with E-state index in [9.17, 15) is 0 Å². The van der Waals surface area contributed by atoms with Gasteiger partial charge in [0.15, 0.2) is 0 Å². The van der Waals surface area contributed by atoms with E-state index in [-0.39, 0.29) is 0 Å². The SMILES string of the molecule is Cc1cnc2cc3nc(Br)c(C)c(Br)c3cc2c1. The summed E-state index contributed by atoms with van der Waals surface area (Å²) in [5.41, 5.74) is 4.20. The van der Waals surface area contributed by atoms with Crippen LogP contribution >= 0.6 is 31.9 Å². The van der Waals surface area contributed by atoms with Crippen LogP contribution in [0.5, 0.6) is 0 Å². The molecule has 0 aliphatic rings. The Hall–Kier alpha value is -1.00. The minimum atomic E-state index is 0.869. The van der Waals surface area contributed by atoms with Crippen molar-refractivity contribution in [1.82, 2.24) is 9.97 Å². The lowest BCUT2D eigenvalue weighted by atomic mass is 10.1. The molecule has 3 rings (SSSR count). The van der Waals surface area contributed by atoms with E-state index in [0.717, 1.165) is 36.4 Å². The van der Waals surface area contributed by atoms with Crippen LogP contribution in [0.4, 0.5) is 0 Å². The number of aromatic nitrogens is 2. The second-order valence-corrected chi connectivity index (χ2v) is 5.96. The van der Waals surface area contributed by atoms with Gasteiger partial charge in [-0.25, -0.2) is 4.98 Å². The molecule has 3 aromatic rings. The fraction of sp³-hybridized carbons (Fsp3) is 0.143. The molecule has 0 bridgehead atoms. The van der Waals surface area contributed by atoms with Gasteiger partial charge < -0.3 is 0 Å². The van der Waals surface area contributed by atoms with Gasteiger partial charge in [0.05, 0.1) is 11.0 Å². The van der Waals surface area contributed by atoms with Crippen LogP contribution in [0.25, 0.3) is 21.8 Å². The van der Waals surface area contributed by atoms with Gasteiger partial charge in [-0.15, -0.1) is 0 Å². The molecule has 0 saturated carbocycles. The molecule has 18 heavy (non-hydrogen) atoms. The standard InChI is InChI=1S/C14H10Br2N2/c1-7-3-9-4-10-12(5-11(9)17-6-7)18-14(16)8(2)13(10)15/h3-6H,1-2H3. The lowest BCUT2D eigenvalue weighted by Crippen LogP contribution is -1.89. The van der Waals surface area contributed by atoms with E-state index in [0.29, 0.717) is 0 Å². The Bertz CT molecular complexity index is 782. The minimum Gasteiger partial charge on any atom is -0.256 e. The molecule has 2 heterocycles. The van der Waals surface area contributed by atoms with Crippen molar-refractivity contribution < 1.29 is 0 Å². The van der Waals surface area contributed by atoms with Gasteiger partial charge >= 0.3 is 0 Å². The predicted molar refractivity (Wildman–Crippen MR) is 81.9 cm³/mol. The molecule has 0 unspecified atom stereocenters. The van der Waals surface area contributed by atoms with E-state index >= 15 is 0 Å². The zero-order valence-electron chi connectivity index (χ0n) is 9.96. The molecule has 0 atom stereocenters. The molecule has 2 aromatic heterocycles. The second-order valence-electron chi connectivity index (χ2n) is 4.42. The van der Waals surface area contributed by atoms with Crippen molar-refractivity contribution in [3.8, 4) is 0 Å². The van der Waals surface area contributed by atoms with Crippen LogP contribution in [0, 0.1) is 13.8 Å². The second kappa shape index (κ2) is 4.28. The average molecular weight is 366 g/mol. The maximum Gasteiger partial charge on any atom is 0.110 e. The van der Waals surface area contributed by atoms with Crippen LogP contribution in [-0.2, 0) is 0 Å². The van der Waals surface area contributed by atoms with E-state index < -0.39 is 0 Å². The lowest BCUT2D eigenvalue weighted by Gasteiger charge is -2.08. The van der Waals surface area contributed by atoms with E-state index in [1.165, 1.54) is 5.56 Å². The number of halogens is 2. The summed E-state index contributed by atoms with van der Waals surface area (Å²) in [6, 6.07) is 6.31. The van der Waals surface area contributed by atoms with Gasteiger partial charge in [-0.2, -0.15) is 0 Å². The quantitative estimate of drug-likeness (QED) is 0.417. The third-order valence-corrected chi connectivity index (χ3v) is 4.82. The molecule has 0 radical (unpaired) electrons. The highest BCUT2D eigenvalue weighted by Gasteiger charge is 2.09. The van der Waals surface area contributed by atoms with Crippen LogP contribution in [0.3, 0.4) is 0 Å². The maximum atomic E-state index is 4.56. The molecule has 0 N–H and O–H groups in total. The van der Waals surface area contributed by atoms with E-state index in [4.69, 9.17) is 0 Å². The maximum absolute atomic E-state index is 4.56. The third-order valence-electron chi connectivity index (χ3n) is 3.03. The summed E-state index contributed by atoms with van der Waals surface area (Å²) in [7, 11) is 0. The van der Waals surface area contributed by atoms with Crippen molar-refractivity contribution in [2.24, 2.45) is 0 Å². The number of hydrogen-bond acceptors (Lipinski definition) is 2. The predicted octanol–water partition coefficient (Wildman–Crippen LogP) is 4.92. The van der Waals surface area contributed by atoms with E-state index in [1.807, 2.05) is 19.2 Å². The average Bonchev–Trinajstić information content (AvgIpc) is 2.35. The zero-order valence-corrected chi connectivity index (χ0v) is 13.1. The Kier molecular flexibility index (Phi) is 2.87. The fourth-order valence-electron chi connectivity index (χ4n) is 2.03. The van der Waals surface area contributed by atoms with Crippen LogP contribution in [0.15, 0.2) is 33.5 Å². The van der Waals surface area contributed by atoms with Gasteiger partial charge in [-0.1, -0.05) is 0 Å². The smallest absolute Gasteiger partial charge is 0.110 e. The highest BCUT2D eigenvalue weighted by atomic mass is 79.9. The number of pyridine rings is 2. The van der Waals surface area contributed by atoms with Gasteiger partial charge in [-0.3, -0.25) is 4.98 Å². The van der Waals surface area contributed by atoms with Crippen LogP contribution in [0.2, 0.25) is 0 Å². The van der Waals surface area contributed by atoms with Crippen molar-refractivity contribution in [3.05, 3.63) is 44.6 Å². The lowest BCUT2D eigenvalue weighted by molar-refractivity contribution is 1.26. The highest BCUT2D eigenvalue weighted by molar-refractivity contribution is 9.11. The monoisotopic (exact) mass is 364 g/mol. The Labute approximate surface area is 122 Å². The van der Waals surface area contributed by atoms with Crippen molar-refractivity contribution in [2.75, 3.05) is 0 Å². The normalized spacial score (nSPS) is 11.3. The number of nitrogens with zero attached hydrogens (tertiary/aromatic N) is 2. The molecular formula is C14H10Br2N2. The largest absolute Gasteiger partial charge is 0.256 e. The molecule has 4 heteroatoms. The molecular weight excluding hydrogens is 356 g/mol. The molecule has 0 fully saturated rings. The van der Waals surface area contributed by atoms with Gasteiger partial charge in [0, 0.05) is 21.4 Å². The number of hydrogen-bond donors (Lipinski definition) is 0. The first kappa shape index (κ1) is 12.1. The molecule has 0 aliphatic carbocycles. The Morgan fingerprint density at radius 3 is 2.56 bits per heavy atom. The molecule has 0 spiro atoms. The first-order valence-corrected chi connectivity index (χ1v) is 7.16. The summed E-state index contributed by atoms with van der Waals surface area (Å²) in [6.07, 6.45) is 1.88. The fourth-order valence-corrected chi connectivity index (χ4v) is 3.19. The topological polar surface area (TPSA) is 25.8 Å². The number of aryl methyl sites for hydroxylation is 1.